The molecular weight excluding hydrogens is 264 g/mol. The minimum absolute atomic E-state index is 0.0394. The molecule has 1 aliphatic rings. The molecule has 4 nitrogen and oxygen atoms in total. The number of amides is 1. The number of ether oxygens (including phenoxy) is 1. The molecule has 2 heterocycles. The highest BCUT2D eigenvalue weighted by molar-refractivity contribution is 6.29. The molecule has 0 radical (unpaired) electrons. The standard InChI is InChI=1S/C14H19ClN2O2/c1-3-12-6-11(7-13(15)16-12)14(18)17-5-4-10(8-17)9-19-2/h6-7,10H,3-5,8-9H2,1-2H3. The van der Waals surface area contributed by atoms with E-state index in [2.05, 4.69) is 4.98 Å². The number of likely N-dealkylation sites (tertiary alicyclic amines) is 1. The average molecular weight is 283 g/mol. The van der Waals surface area contributed by atoms with Gasteiger partial charge < -0.3 is 9.64 Å². The van der Waals surface area contributed by atoms with Gasteiger partial charge in [0.25, 0.3) is 5.91 Å². The van der Waals surface area contributed by atoms with Gasteiger partial charge in [0.2, 0.25) is 0 Å². The second-order valence-corrected chi connectivity index (χ2v) is 5.27. The topological polar surface area (TPSA) is 42.4 Å². The summed E-state index contributed by atoms with van der Waals surface area (Å²) in [5, 5.41) is 0.385. The van der Waals surface area contributed by atoms with Gasteiger partial charge in [-0.3, -0.25) is 4.79 Å². The van der Waals surface area contributed by atoms with Crippen LogP contribution in [0.1, 0.15) is 29.4 Å². The maximum absolute atomic E-state index is 12.4. The van der Waals surface area contributed by atoms with Crippen LogP contribution in [0.2, 0.25) is 5.15 Å². The van der Waals surface area contributed by atoms with Gasteiger partial charge in [0.15, 0.2) is 0 Å². The van der Waals surface area contributed by atoms with E-state index in [1.165, 1.54) is 0 Å². The van der Waals surface area contributed by atoms with Gasteiger partial charge in [-0.15, -0.1) is 0 Å². The van der Waals surface area contributed by atoms with E-state index in [1.807, 2.05) is 17.9 Å². The van der Waals surface area contributed by atoms with Crippen molar-refractivity contribution < 1.29 is 9.53 Å². The summed E-state index contributed by atoms with van der Waals surface area (Å²) in [7, 11) is 1.70. The number of hydrogen-bond donors (Lipinski definition) is 0. The molecule has 0 aromatic carbocycles. The summed E-state index contributed by atoms with van der Waals surface area (Å²) in [6, 6.07) is 3.48. The molecule has 0 bridgehead atoms. The Labute approximate surface area is 118 Å². The van der Waals surface area contributed by atoms with E-state index in [9.17, 15) is 4.79 Å². The second kappa shape index (κ2) is 6.35. The van der Waals surface area contributed by atoms with E-state index in [-0.39, 0.29) is 5.91 Å². The number of carbonyl (C=O) groups excluding carboxylic acids is 1. The molecule has 1 aromatic rings. The molecule has 1 unspecified atom stereocenters. The van der Waals surface area contributed by atoms with Crippen molar-refractivity contribution in [1.82, 2.24) is 9.88 Å². The molecule has 1 atom stereocenters. The van der Waals surface area contributed by atoms with Gasteiger partial charge in [-0.1, -0.05) is 18.5 Å². The highest BCUT2D eigenvalue weighted by atomic mass is 35.5. The summed E-state index contributed by atoms with van der Waals surface area (Å²) in [6.45, 7) is 4.25. The summed E-state index contributed by atoms with van der Waals surface area (Å²) < 4.78 is 5.15. The molecule has 5 heteroatoms. The molecular formula is C14H19ClN2O2. The predicted molar refractivity (Wildman–Crippen MR) is 74.5 cm³/mol. The summed E-state index contributed by atoms with van der Waals surface area (Å²) >= 11 is 5.96. The van der Waals surface area contributed by atoms with Crippen molar-refractivity contribution in [3.63, 3.8) is 0 Å². The number of aromatic nitrogens is 1. The zero-order valence-corrected chi connectivity index (χ0v) is 12.1. The van der Waals surface area contributed by atoms with Crippen molar-refractivity contribution in [1.29, 1.82) is 0 Å². The minimum Gasteiger partial charge on any atom is -0.384 e. The Hall–Kier alpha value is -1.13. The molecule has 0 N–H and O–H groups in total. The number of rotatable bonds is 4. The number of halogens is 1. The summed E-state index contributed by atoms with van der Waals surface area (Å²) in [4.78, 5) is 18.5. The number of carbonyl (C=O) groups is 1. The Morgan fingerprint density at radius 1 is 1.58 bits per heavy atom. The predicted octanol–water partition coefficient (Wildman–Crippen LogP) is 2.41. The van der Waals surface area contributed by atoms with Crippen molar-refractivity contribution in [3.05, 3.63) is 28.5 Å². The summed E-state index contributed by atoms with van der Waals surface area (Å²) in [6.07, 6.45) is 1.77. The van der Waals surface area contributed by atoms with Gasteiger partial charge >= 0.3 is 0 Å². The largest absolute Gasteiger partial charge is 0.384 e. The Kier molecular flexibility index (Phi) is 4.77. The summed E-state index contributed by atoms with van der Waals surface area (Å²) in [5.41, 5.74) is 1.48. The number of aryl methyl sites for hydroxylation is 1. The number of methoxy groups -OCH3 is 1. The first-order valence-corrected chi connectivity index (χ1v) is 6.96. The second-order valence-electron chi connectivity index (χ2n) is 4.88. The van der Waals surface area contributed by atoms with E-state index in [1.54, 1.807) is 13.2 Å². The van der Waals surface area contributed by atoms with E-state index >= 15 is 0 Å². The molecule has 0 spiro atoms. The molecule has 2 rings (SSSR count). The molecule has 1 saturated heterocycles. The molecule has 1 amide bonds. The zero-order chi connectivity index (χ0) is 13.8. The Morgan fingerprint density at radius 3 is 3.05 bits per heavy atom. The lowest BCUT2D eigenvalue weighted by Gasteiger charge is -2.17. The van der Waals surface area contributed by atoms with Crippen LogP contribution < -0.4 is 0 Å². The molecule has 1 fully saturated rings. The highest BCUT2D eigenvalue weighted by Crippen LogP contribution is 2.20. The number of nitrogens with zero attached hydrogens (tertiary/aromatic N) is 2. The lowest BCUT2D eigenvalue weighted by molar-refractivity contribution is 0.0775. The third-order valence-electron chi connectivity index (χ3n) is 3.43. The fraction of sp³-hybridized carbons (Fsp3) is 0.571. The van der Waals surface area contributed by atoms with Crippen molar-refractivity contribution in [2.24, 2.45) is 5.92 Å². The first kappa shape index (κ1) is 14.3. The maximum atomic E-state index is 12.4. The normalized spacial score (nSPS) is 18.9. The van der Waals surface area contributed by atoms with Gasteiger partial charge in [-0.2, -0.15) is 0 Å². The van der Waals surface area contributed by atoms with Crippen molar-refractivity contribution >= 4 is 17.5 Å². The summed E-state index contributed by atoms with van der Waals surface area (Å²) in [5.74, 6) is 0.481. The van der Waals surface area contributed by atoms with Crippen LogP contribution in [0.3, 0.4) is 0 Å². The highest BCUT2D eigenvalue weighted by Gasteiger charge is 2.27. The van der Waals surface area contributed by atoms with Crippen LogP contribution in [0, 0.1) is 5.92 Å². The third-order valence-corrected chi connectivity index (χ3v) is 3.63. The van der Waals surface area contributed by atoms with E-state index in [0.29, 0.717) is 23.2 Å². The van der Waals surface area contributed by atoms with Crippen LogP contribution >= 0.6 is 11.6 Å². The molecule has 0 saturated carbocycles. The van der Waals surface area contributed by atoms with E-state index < -0.39 is 0 Å². The van der Waals surface area contributed by atoms with Gasteiger partial charge in [-0.25, -0.2) is 4.98 Å². The molecule has 0 aliphatic carbocycles. The third kappa shape index (κ3) is 3.45. The Morgan fingerprint density at radius 2 is 2.37 bits per heavy atom. The Balaban J connectivity index is 2.10. The average Bonchev–Trinajstić information content (AvgIpc) is 2.86. The van der Waals surface area contributed by atoms with Crippen molar-refractivity contribution in [3.8, 4) is 0 Å². The van der Waals surface area contributed by atoms with E-state index in [4.69, 9.17) is 16.3 Å². The first-order chi connectivity index (χ1) is 9.13. The fourth-order valence-electron chi connectivity index (χ4n) is 2.43. The lowest BCUT2D eigenvalue weighted by Crippen LogP contribution is -2.29. The van der Waals surface area contributed by atoms with Crippen LogP contribution in [0.4, 0.5) is 0 Å². The Bertz CT molecular complexity index is 465. The van der Waals surface area contributed by atoms with Crippen molar-refractivity contribution in [2.45, 2.75) is 19.8 Å². The van der Waals surface area contributed by atoms with Crippen molar-refractivity contribution in [2.75, 3.05) is 26.8 Å². The molecule has 1 aliphatic heterocycles. The molecule has 1 aromatic heterocycles. The van der Waals surface area contributed by atoms with E-state index in [0.717, 1.165) is 31.6 Å². The van der Waals surface area contributed by atoms with Gasteiger partial charge in [0.1, 0.15) is 5.15 Å². The maximum Gasteiger partial charge on any atom is 0.254 e. The van der Waals surface area contributed by atoms with Gasteiger partial charge in [0.05, 0.1) is 6.61 Å². The zero-order valence-electron chi connectivity index (χ0n) is 11.4. The molecule has 104 valence electrons. The number of hydrogen-bond acceptors (Lipinski definition) is 3. The molecule has 19 heavy (non-hydrogen) atoms. The smallest absolute Gasteiger partial charge is 0.254 e. The van der Waals surface area contributed by atoms with Crippen LogP contribution in [0.15, 0.2) is 12.1 Å². The minimum atomic E-state index is 0.0394. The quantitative estimate of drug-likeness (QED) is 0.797. The number of pyridine rings is 1. The van der Waals surface area contributed by atoms with Crippen LogP contribution in [-0.4, -0.2) is 42.6 Å². The van der Waals surface area contributed by atoms with Crippen LogP contribution in [0.25, 0.3) is 0 Å². The van der Waals surface area contributed by atoms with Gasteiger partial charge in [0, 0.05) is 37.4 Å². The van der Waals surface area contributed by atoms with Gasteiger partial charge in [-0.05, 0) is 25.0 Å². The monoisotopic (exact) mass is 282 g/mol. The first-order valence-electron chi connectivity index (χ1n) is 6.58. The lowest BCUT2D eigenvalue weighted by atomic mass is 10.1. The SMILES string of the molecule is CCc1cc(C(=O)N2CCC(COC)C2)cc(Cl)n1. The van der Waals surface area contributed by atoms with Crippen LogP contribution in [-0.2, 0) is 11.2 Å². The van der Waals surface area contributed by atoms with Crippen LogP contribution in [0.5, 0.6) is 0 Å². The fourth-order valence-corrected chi connectivity index (χ4v) is 2.65.